The number of hydrogen-bond donors (Lipinski definition) is 2. The van der Waals surface area contributed by atoms with Crippen molar-refractivity contribution in [2.24, 2.45) is 5.73 Å². The number of carbonyl (C=O) groups excluding carboxylic acids is 1. The van der Waals surface area contributed by atoms with Crippen molar-refractivity contribution in [3.05, 3.63) is 29.8 Å². The van der Waals surface area contributed by atoms with Gasteiger partial charge in [0.25, 0.3) is 0 Å². The van der Waals surface area contributed by atoms with Gasteiger partial charge in [0.2, 0.25) is 5.91 Å². The Kier molecular flexibility index (Phi) is 5.75. The Balaban J connectivity index is 2.95. The summed E-state index contributed by atoms with van der Waals surface area (Å²) in [6.45, 7) is 1.99. The highest BCUT2D eigenvalue weighted by Crippen LogP contribution is 2.17. The molecular formula is C15H18N2O3. The van der Waals surface area contributed by atoms with Gasteiger partial charge in [-0.15, -0.1) is 12.3 Å². The molecule has 1 unspecified atom stereocenters. The first kappa shape index (κ1) is 15.7. The fourth-order valence-electron chi connectivity index (χ4n) is 1.71. The second-order valence-corrected chi connectivity index (χ2v) is 4.48. The molecule has 0 fully saturated rings. The van der Waals surface area contributed by atoms with E-state index in [1.54, 1.807) is 12.1 Å². The smallest absolute Gasteiger partial charge is 0.305 e. The fraction of sp³-hybridized carbons (Fsp3) is 0.333. The van der Waals surface area contributed by atoms with Crippen LogP contribution in [0, 0.1) is 19.3 Å². The van der Waals surface area contributed by atoms with E-state index in [4.69, 9.17) is 17.3 Å². The molecule has 106 valence electrons. The van der Waals surface area contributed by atoms with Crippen molar-refractivity contribution >= 4 is 17.6 Å². The van der Waals surface area contributed by atoms with Gasteiger partial charge in [0, 0.05) is 18.7 Å². The monoisotopic (exact) mass is 274 g/mol. The molecular weight excluding hydrogens is 256 g/mol. The Morgan fingerprint density at radius 1 is 1.40 bits per heavy atom. The maximum Gasteiger partial charge on any atom is 0.305 e. The molecule has 0 aliphatic carbocycles. The van der Waals surface area contributed by atoms with Crippen molar-refractivity contribution in [3.8, 4) is 12.3 Å². The first-order chi connectivity index (χ1) is 9.45. The van der Waals surface area contributed by atoms with Crippen LogP contribution in [-0.4, -0.2) is 29.6 Å². The summed E-state index contributed by atoms with van der Waals surface area (Å²) < 4.78 is 0. The quantitative estimate of drug-likeness (QED) is 0.762. The van der Waals surface area contributed by atoms with Crippen molar-refractivity contribution in [2.45, 2.75) is 25.8 Å². The van der Waals surface area contributed by atoms with Crippen LogP contribution in [-0.2, 0) is 9.59 Å². The Morgan fingerprint density at radius 3 is 2.50 bits per heavy atom. The molecule has 0 aliphatic rings. The molecule has 20 heavy (non-hydrogen) atoms. The molecule has 0 radical (unpaired) electrons. The van der Waals surface area contributed by atoms with Crippen molar-refractivity contribution in [1.82, 2.24) is 0 Å². The number of carboxylic acids is 1. The maximum atomic E-state index is 12.2. The van der Waals surface area contributed by atoms with Crippen LogP contribution in [0.1, 0.15) is 18.4 Å². The minimum Gasteiger partial charge on any atom is -0.481 e. The third-order valence-electron chi connectivity index (χ3n) is 2.82. The van der Waals surface area contributed by atoms with Crippen molar-refractivity contribution in [2.75, 3.05) is 11.4 Å². The van der Waals surface area contributed by atoms with Crippen molar-refractivity contribution in [3.63, 3.8) is 0 Å². The molecule has 1 atom stereocenters. The molecule has 3 N–H and O–H groups in total. The molecule has 0 saturated heterocycles. The summed E-state index contributed by atoms with van der Waals surface area (Å²) in [4.78, 5) is 24.3. The molecule has 1 rings (SSSR count). The molecule has 0 aliphatic heterocycles. The summed E-state index contributed by atoms with van der Waals surface area (Å²) in [5.74, 6) is 1.00. The van der Waals surface area contributed by atoms with E-state index in [0.29, 0.717) is 5.69 Å². The van der Waals surface area contributed by atoms with Gasteiger partial charge in [-0.2, -0.15) is 0 Å². The molecule has 1 aromatic carbocycles. The number of hydrogen-bond acceptors (Lipinski definition) is 3. The summed E-state index contributed by atoms with van der Waals surface area (Å²) in [7, 11) is 0. The minimum atomic E-state index is -0.972. The van der Waals surface area contributed by atoms with E-state index in [2.05, 4.69) is 5.92 Å². The van der Waals surface area contributed by atoms with E-state index in [0.717, 1.165) is 5.56 Å². The van der Waals surface area contributed by atoms with Crippen LogP contribution in [0.2, 0.25) is 0 Å². The zero-order valence-corrected chi connectivity index (χ0v) is 11.4. The lowest BCUT2D eigenvalue weighted by Crippen LogP contribution is -2.44. The summed E-state index contributed by atoms with van der Waals surface area (Å²) in [6, 6.07) is 6.40. The lowest BCUT2D eigenvalue weighted by atomic mass is 10.1. The zero-order chi connectivity index (χ0) is 15.1. The first-order valence-corrected chi connectivity index (χ1v) is 6.24. The van der Waals surface area contributed by atoms with Gasteiger partial charge in [0.1, 0.15) is 0 Å². The number of anilines is 1. The van der Waals surface area contributed by atoms with Gasteiger partial charge >= 0.3 is 5.97 Å². The van der Waals surface area contributed by atoms with Gasteiger partial charge in [-0.25, -0.2) is 0 Å². The number of terminal acetylenes is 1. The largest absolute Gasteiger partial charge is 0.481 e. The lowest BCUT2D eigenvalue weighted by Gasteiger charge is -2.24. The van der Waals surface area contributed by atoms with Gasteiger partial charge in [-0.3, -0.25) is 9.59 Å². The molecule has 5 nitrogen and oxygen atoms in total. The highest BCUT2D eigenvalue weighted by molar-refractivity contribution is 5.97. The Bertz CT molecular complexity index is 517. The summed E-state index contributed by atoms with van der Waals surface area (Å²) >= 11 is 0. The van der Waals surface area contributed by atoms with Crippen LogP contribution in [0.25, 0.3) is 0 Å². The van der Waals surface area contributed by atoms with Crippen LogP contribution in [0.15, 0.2) is 24.3 Å². The third kappa shape index (κ3) is 4.41. The molecule has 0 bridgehead atoms. The second-order valence-electron chi connectivity index (χ2n) is 4.48. The van der Waals surface area contributed by atoms with Crippen LogP contribution >= 0.6 is 0 Å². The van der Waals surface area contributed by atoms with E-state index in [-0.39, 0.29) is 25.3 Å². The maximum absolute atomic E-state index is 12.2. The Hall–Kier alpha value is -2.32. The number of nitrogens with two attached hydrogens (primary N) is 1. The minimum absolute atomic E-state index is 0.0650. The number of carboxylic acid groups (broad SMARTS) is 1. The van der Waals surface area contributed by atoms with E-state index in [9.17, 15) is 9.59 Å². The predicted octanol–water partition coefficient (Wildman–Crippen LogP) is 1.15. The molecule has 5 heteroatoms. The van der Waals surface area contributed by atoms with E-state index in [1.807, 2.05) is 19.1 Å². The normalized spacial score (nSPS) is 11.4. The number of rotatable bonds is 6. The summed E-state index contributed by atoms with van der Waals surface area (Å²) in [6.07, 6.45) is 5.12. The van der Waals surface area contributed by atoms with E-state index < -0.39 is 12.0 Å². The Morgan fingerprint density at radius 2 is 2.00 bits per heavy atom. The number of nitrogens with zero attached hydrogens (tertiary/aromatic N) is 1. The number of aliphatic carboxylic acids is 1. The second kappa shape index (κ2) is 7.31. The topological polar surface area (TPSA) is 83.6 Å². The van der Waals surface area contributed by atoms with Gasteiger partial charge in [0.05, 0.1) is 12.5 Å². The van der Waals surface area contributed by atoms with Gasteiger partial charge in [-0.05, 0) is 19.1 Å². The van der Waals surface area contributed by atoms with Crippen molar-refractivity contribution < 1.29 is 14.7 Å². The van der Waals surface area contributed by atoms with Gasteiger partial charge < -0.3 is 15.7 Å². The molecule has 1 aromatic rings. The molecule has 0 aromatic heterocycles. The highest BCUT2D eigenvalue weighted by Gasteiger charge is 2.22. The number of aryl methyl sites for hydroxylation is 1. The number of benzene rings is 1. The third-order valence-corrected chi connectivity index (χ3v) is 2.82. The molecule has 0 heterocycles. The van der Waals surface area contributed by atoms with Gasteiger partial charge in [-0.1, -0.05) is 17.7 Å². The van der Waals surface area contributed by atoms with E-state index in [1.165, 1.54) is 4.90 Å². The van der Waals surface area contributed by atoms with Crippen LogP contribution in [0.4, 0.5) is 5.69 Å². The standard InChI is InChI=1S/C15H18N2O3/c1-3-4-13(16)15(20)17(10-9-14(18)19)12-7-5-11(2)6-8-12/h1,5-8,13H,4,9-10,16H2,2H3,(H,18,19). The van der Waals surface area contributed by atoms with Crippen LogP contribution < -0.4 is 10.6 Å². The van der Waals surface area contributed by atoms with Crippen molar-refractivity contribution in [1.29, 1.82) is 0 Å². The SMILES string of the molecule is C#CCC(N)C(=O)N(CCC(=O)O)c1ccc(C)cc1. The highest BCUT2D eigenvalue weighted by atomic mass is 16.4. The molecule has 1 amide bonds. The van der Waals surface area contributed by atoms with Crippen LogP contribution in [0.3, 0.4) is 0 Å². The first-order valence-electron chi connectivity index (χ1n) is 6.24. The Labute approximate surface area is 118 Å². The van der Waals surface area contributed by atoms with Gasteiger partial charge in [0.15, 0.2) is 0 Å². The fourth-order valence-corrected chi connectivity index (χ4v) is 1.71. The summed E-state index contributed by atoms with van der Waals surface area (Å²) in [5.41, 5.74) is 7.39. The lowest BCUT2D eigenvalue weighted by molar-refractivity contribution is -0.136. The molecule has 0 spiro atoms. The van der Waals surface area contributed by atoms with Crippen LogP contribution in [0.5, 0.6) is 0 Å². The molecule has 0 saturated carbocycles. The number of carbonyl (C=O) groups is 2. The average molecular weight is 274 g/mol. The average Bonchev–Trinajstić information content (AvgIpc) is 2.40. The summed E-state index contributed by atoms with van der Waals surface area (Å²) in [5, 5.41) is 8.78. The van der Waals surface area contributed by atoms with E-state index >= 15 is 0 Å². The number of amides is 1. The zero-order valence-electron chi connectivity index (χ0n) is 11.4. The predicted molar refractivity (Wildman–Crippen MR) is 77.2 cm³/mol.